The molecule has 0 unspecified atom stereocenters. The van der Waals surface area contributed by atoms with Crippen molar-refractivity contribution in [2.45, 2.75) is 18.4 Å². The molecule has 0 spiro atoms. The predicted molar refractivity (Wildman–Crippen MR) is 74.3 cm³/mol. The zero-order valence-electron chi connectivity index (χ0n) is 11.1. The largest absolute Gasteiger partial charge is 0.392 e. The van der Waals surface area contributed by atoms with Crippen LogP contribution in [0, 0.1) is 18.6 Å². The molecule has 7 heteroatoms. The molecule has 2 aromatic carbocycles. The first-order chi connectivity index (χ1) is 9.83. The van der Waals surface area contributed by atoms with Gasteiger partial charge in [-0.05, 0) is 36.2 Å². The lowest BCUT2D eigenvalue weighted by molar-refractivity contribution is 0.281. The lowest BCUT2D eigenvalue weighted by Gasteiger charge is -2.12. The van der Waals surface area contributed by atoms with Crippen molar-refractivity contribution in [2.75, 3.05) is 4.72 Å². The van der Waals surface area contributed by atoms with Gasteiger partial charge in [-0.25, -0.2) is 17.2 Å². The van der Waals surface area contributed by atoms with Crippen LogP contribution in [0.25, 0.3) is 0 Å². The maximum absolute atomic E-state index is 13.5. The Bertz CT molecular complexity index is 776. The maximum atomic E-state index is 13.5. The molecule has 0 saturated heterocycles. The second-order valence-electron chi connectivity index (χ2n) is 4.49. The van der Waals surface area contributed by atoms with E-state index in [1.54, 1.807) is 13.0 Å². The number of anilines is 1. The highest BCUT2D eigenvalue weighted by Gasteiger charge is 2.19. The number of aryl methyl sites for hydroxylation is 1. The summed E-state index contributed by atoms with van der Waals surface area (Å²) in [7, 11) is -4.08. The summed E-state index contributed by atoms with van der Waals surface area (Å²) in [5.74, 6) is -1.63. The molecule has 0 amide bonds. The molecule has 2 N–H and O–H groups in total. The molecule has 0 aliphatic heterocycles. The number of nitrogens with one attached hydrogen (secondary N) is 1. The number of sulfonamides is 1. The van der Waals surface area contributed by atoms with Crippen LogP contribution in [-0.2, 0) is 16.6 Å². The summed E-state index contributed by atoms with van der Waals surface area (Å²) in [6.07, 6.45) is 0. The Kier molecular flexibility index (Phi) is 4.24. The molecule has 0 atom stereocenters. The van der Waals surface area contributed by atoms with E-state index in [0.717, 1.165) is 18.2 Å². The number of rotatable bonds is 4. The zero-order chi connectivity index (χ0) is 15.6. The second kappa shape index (κ2) is 5.79. The van der Waals surface area contributed by atoms with Gasteiger partial charge in [0, 0.05) is 6.07 Å². The molecular formula is C14H13F2NO3S. The van der Waals surface area contributed by atoms with Gasteiger partial charge in [0.2, 0.25) is 0 Å². The minimum Gasteiger partial charge on any atom is -0.392 e. The summed E-state index contributed by atoms with van der Waals surface area (Å²) < 4.78 is 53.2. The molecule has 0 radical (unpaired) electrons. The number of hydrogen-bond acceptors (Lipinski definition) is 3. The first-order valence-electron chi connectivity index (χ1n) is 6.02. The quantitative estimate of drug-likeness (QED) is 0.911. The van der Waals surface area contributed by atoms with Crippen LogP contribution in [0.3, 0.4) is 0 Å². The average molecular weight is 313 g/mol. The van der Waals surface area contributed by atoms with Gasteiger partial charge in [-0.3, -0.25) is 4.72 Å². The molecular weight excluding hydrogens is 300 g/mol. The van der Waals surface area contributed by atoms with Gasteiger partial charge in [0.15, 0.2) is 0 Å². The van der Waals surface area contributed by atoms with E-state index < -0.39 is 27.3 Å². The van der Waals surface area contributed by atoms with Gasteiger partial charge in [0.1, 0.15) is 11.6 Å². The summed E-state index contributed by atoms with van der Waals surface area (Å²) in [4.78, 5) is -0.0993. The van der Waals surface area contributed by atoms with Crippen LogP contribution < -0.4 is 4.72 Å². The Morgan fingerprint density at radius 3 is 2.52 bits per heavy atom. The van der Waals surface area contributed by atoms with E-state index in [9.17, 15) is 17.2 Å². The van der Waals surface area contributed by atoms with Gasteiger partial charge in [-0.1, -0.05) is 12.1 Å². The minimum absolute atomic E-state index is 0.0993. The number of aliphatic hydroxyl groups is 1. The van der Waals surface area contributed by atoms with E-state index >= 15 is 0 Å². The van der Waals surface area contributed by atoms with Crippen molar-refractivity contribution in [3.05, 3.63) is 59.2 Å². The van der Waals surface area contributed by atoms with Gasteiger partial charge < -0.3 is 5.11 Å². The van der Waals surface area contributed by atoms with Crippen molar-refractivity contribution < 1.29 is 22.3 Å². The molecule has 0 aliphatic rings. The van der Waals surface area contributed by atoms with Gasteiger partial charge in [0.25, 0.3) is 10.0 Å². The smallest absolute Gasteiger partial charge is 0.262 e. The van der Waals surface area contributed by atoms with Crippen LogP contribution in [0.15, 0.2) is 41.3 Å². The fourth-order valence-corrected chi connectivity index (χ4v) is 3.16. The van der Waals surface area contributed by atoms with Crippen molar-refractivity contribution in [2.24, 2.45) is 0 Å². The van der Waals surface area contributed by atoms with Gasteiger partial charge in [-0.2, -0.15) is 0 Å². The Morgan fingerprint density at radius 1 is 1.14 bits per heavy atom. The Hall–Kier alpha value is -1.99. The highest BCUT2D eigenvalue weighted by Crippen LogP contribution is 2.23. The monoisotopic (exact) mass is 313 g/mol. The van der Waals surface area contributed by atoms with Crippen LogP contribution in [0.1, 0.15) is 11.1 Å². The molecule has 0 fully saturated rings. The molecule has 0 saturated carbocycles. The molecule has 4 nitrogen and oxygen atoms in total. The van der Waals surface area contributed by atoms with Crippen LogP contribution in [-0.4, -0.2) is 13.5 Å². The first-order valence-corrected chi connectivity index (χ1v) is 7.50. The second-order valence-corrected chi connectivity index (χ2v) is 6.14. The third-order valence-electron chi connectivity index (χ3n) is 2.90. The summed E-state index contributed by atoms with van der Waals surface area (Å²) in [5.41, 5.74) is 0.362. The van der Waals surface area contributed by atoms with Crippen LogP contribution in [0.2, 0.25) is 0 Å². The van der Waals surface area contributed by atoms with Gasteiger partial charge in [0.05, 0.1) is 17.2 Å². The Balaban J connectivity index is 2.45. The van der Waals surface area contributed by atoms with Gasteiger partial charge in [-0.15, -0.1) is 0 Å². The van der Waals surface area contributed by atoms with Crippen molar-refractivity contribution in [1.29, 1.82) is 0 Å². The minimum atomic E-state index is -4.08. The Morgan fingerprint density at radius 2 is 1.86 bits per heavy atom. The number of hydrogen-bond donors (Lipinski definition) is 2. The van der Waals surface area contributed by atoms with Crippen molar-refractivity contribution in [3.8, 4) is 0 Å². The summed E-state index contributed by atoms with van der Waals surface area (Å²) in [5, 5.41) is 9.06. The third-order valence-corrected chi connectivity index (χ3v) is 4.40. The molecule has 2 aromatic rings. The molecule has 0 aliphatic carbocycles. The lowest BCUT2D eigenvalue weighted by Crippen LogP contribution is -2.15. The van der Waals surface area contributed by atoms with Crippen molar-refractivity contribution in [3.63, 3.8) is 0 Å². The number of aliphatic hydroxyl groups excluding tert-OH is 1. The van der Waals surface area contributed by atoms with Crippen molar-refractivity contribution in [1.82, 2.24) is 0 Å². The summed E-state index contributed by atoms with van der Waals surface area (Å²) in [6.45, 7) is 1.24. The standard InChI is InChI=1S/C14H13F2NO3S/c1-9-2-3-10(8-18)6-14(9)21(19,20)17-13-7-11(15)4-5-12(13)16/h2-7,17-18H,8H2,1H3. The van der Waals surface area contributed by atoms with Crippen molar-refractivity contribution >= 4 is 15.7 Å². The average Bonchev–Trinajstić information content (AvgIpc) is 2.43. The third kappa shape index (κ3) is 3.37. The maximum Gasteiger partial charge on any atom is 0.262 e. The molecule has 0 aromatic heterocycles. The van der Waals surface area contributed by atoms with Crippen LogP contribution in [0.5, 0.6) is 0 Å². The van der Waals surface area contributed by atoms with E-state index in [-0.39, 0.29) is 11.5 Å². The van der Waals surface area contributed by atoms with E-state index in [0.29, 0.717) is 11.1 Å². The molecule has 21 heavy (non-hydrogen) atoms. The molecule has 112 valence electrons. The highest BCUT2D eigenvalue weighted by molar-refractivity contribution is 7.92. The highest BCUT2D eigenvalue weighted by atomic mass is 32.2. The molecule has 0 heterocycles. The topological polar surface area (TPSA) is 66.4 Å². The van der Waals surface area contributed by atoms with E-state index in [1.165, 1.54) is 12.1 Å². The number of halogens is 2. The van der Waals surface area contributed by atoms with Crippen LogP contribution in [0.4, 0.5) is 14.5 Å². The van der Waals surface area contributed by atoms with E-state index in [4.69, 9.17) is 5.11 Å². The first kappa shape index (κ1) is 15.4. The van der Waals surface area contributed by atoms with Crippen LogP contribution >= 0.6 is 0 Å². The normalized spacial score (nSPS) is 11.4. The number of benzene rings is 2. The summed E-state index contributed by atoms with van der Waals surface area (Å²) >= 11 is 0. The summed E-state index contributed by atoms with van der Waals surface area (Å²) in [6, 6.07) is 6.89. The van der Waals surface area contributed by atoms with E-state index in [2.05, 4.69) is 0 Å². The predicted octanol–water partition coefficient (Wildman–Crippen LogP) is 2.57. The zero-order valence-corrected chi connectivity index (χ0v) is 11.9. The molecule has 0 bridgehead atoms. The molecule has 2 rings (SSSR count). The van der Waals surface area contributed by atoms with E-state index in [1.807, 2.05) is 4.72 Å². The SMILES string of the molecule is Cc1ccc(CO)cc1S(=O)(=O)Nc1cc(F)ccc1F. The fourth-order valence-electron chi connectivity index (χ4n) is 1.81. The lowest BCUT2D eigenvalue weighted by atomic mass is 10.2. The Labute approximate surface area is 121 Å². The fraction of sp³-hybridized carbons (Fsp3) is 0.143. The van der Waals surface area contributed by atoms with Gasteiger partial charge >= 0.3 is 0 Å².